The predicted molar refractivity (Wildman–Crippen MR) is 97.9 cm³/mol. The van der Waals surface area contributed by atoms with Gasteiger partial charge in [-0.15, -0.1) is 0 Å². The van der Waals surface area contributed by atoms with Gasteiger partial charge in [-0.05, 0) is 19.7 Å². The topological polar surface area (TPSA) is 49.4 Å². The van der Waals surface area contributed by atoms with Crippen molar-refractivity contribution in [3.8, 4) is 0 Å². The van der Waals surface area contributed by atoms with E-state index in [9.17, 15) is 0 Å². The summed E-state index contributed by atoms with van der Waals surface area (Å²) >= 11 is 0. The number of rotatable bonds is 17. The molecule has 0 saturated carbocycles. The van der Waals surface area contributed by atoms with Crippen molar-refractivity contribution in [3.63, 3.8) is 0 Å². The summed E-state index contributed by atoms with van der Waals surface area (Å²) in [5, 5.41) is 0. The van der Waals surface area contributed by atoms with E-state index < -0.39 is 0 Å². The molecule has 0 N–H and O–H groups in total. The molecule has 6 heteroatoms. The lowest BCUT2D eigenvalue weighted by atomic mass is 10.2. The number of hydrogen-bond acceptors (Lipinski definition) is 6. The van der Waals surface area contributed by atoms with Crippen LogP contribution in [-0.4, -0.2) is 85.0 Å². The summed E-state index contributed by atoms with van der Waals surface area (Å²) in [7, 11) is 4.05. The summed E-state index contributed by atoms with van der Waals surface area (Å²) in [5.41, 5.74) is 1.17. The van der Waals surface area contributed by atoms with Crippen LogP contribution in [0.25, 0.3) is 0 Å². The van der Waals surface area contributed by atoms with Gasteiger partial charge in [-0.2, -0.15) is 0 Å². The zero-order valence-corrected chi connectivity index (χ0v) is 15.7. The minimum Gasteiger partial charge on any atom is -0.378 e. The molecule has 0 heterocycles. The van der Waals surface area contributed by atoms with Gasteiger partial charge in [0.05, 0.1) is 66.1 Å². The molecule has 0 bridgehead atoms. The molecule has 0 atom stereocenters. The van der Waals surface area contributed by atoms with E-state index in [-0.39, 0.29) is 0 Å². The maximum Gasteiger partial charge on any atom is 0.0718 e. The molecule has 0 fully saturated rings. The Hall–Kier alpha value is -1.02. The van der Waals surface area contributed by atoms with Crippen LogP contribution < -0.4 is 0 Å². The van der Waals surface area contributed by atoms with Crippen LogP contribution in [0.5, 0.6) is 0 Å². The summed E-state index contributed by atoms with van der Waals surface area (Å²) in [6.07, 6.45) is 0. The Morgan fingerprint density at radius 1 is 0.600 bits per heavy atom. The summed E-state index contributed by atoms with van der Waals surface area (Å²) in [6, 6.07) is 10.1. The highest BCUT2D eigenvalue weighted by Crippen LogP contribution is 1.99. The highest BCUT2D eigenvalue weighted by molar-refractivity contribution is 5.13. The Morgan fingerprint density at radius 2 is 1.04 bits per heavy atom. The Bertz CT molecular complexity index is 389. The molecule has 144 valence electrons. The first-order chi connectivity index (χ1) is 12.3. The largest absolute Gasteiger partial charge is 0.378 e. The van der Waals surface area contributed by atoms with Crippen molar-refractivity contribution in [2.24, 2.45) is 0 Å². The third-order valence-electron chi connectivity index (χ3n) is 3.28. The van der Waals surface area contributed by atoms with Crippen molar-refractivity contribution in [1.29, 1.82) is 0 Å². The smallest absolute Gasteiger partial charge is 0.0718 e. The Kier molecular flexibility index (Phi) is 14.5. The average molecular weight is 355 g/mol. The van der Waals surface area contributed by atoms with Crippen LogP contribution in [0.15, 0.2) is 30.3 Å². The molecule has 0 aliphatic rings. The molecule has 0 amide bonds. The third-order valence-corrected chi connectivity index (χ3v) is 3.28. The lowest BCUT2D eigenvalue weighted by molar-refractivity contribution is -0.0130. The fraction of sp³-hybridized carbons (Fsp3) is 0.684. The number of nitrogens with zero attached hydrogens (tertiary/aromatic N) is 1. The van der Waals surface area contributed by atoms with Crippen molar-refractivity contribution in [2.45, 2.75) is 6.61 Å². The van der Waals surface area contributed by atoms with Crippen molar-refractivity contribution in [3.05, 3.63) is 35.9 Å². The number of hydrogen-bond donors (Lipinski definition) is 0. The monoisotopic (exact) mass is 355 g/mol. The van der Waals surface area contributed by atoms with E-state index in [1.807, 2.05) is 44.4 Å². The van der Waals surface area contributed by atoms with E-state index in [1.54, 1.807) is 0 Å². The highest BCUT2D eigenvalue weighted by atomic mass is 16.6. The molecule has 0 aromatic heterocycles. The van der Waals surface area contributed by atoms with Gasteiger partial charge in [0.2, 0.25) is 0 Å². The van der Waals surface area contributed by atoms with Crippen LogP contribution >= 0.6 is 0 Å². The first-order valence-corrected chi connectivity index (χ1v) is 8.86. The van der Waals surface area contributed by atoms with E-state index in [2.05, 4.69) is 4.90 Å². The Morgan fingerprint density at radius 3 is 1.52 bits per heavy atom. The second kappa shape index (κ2) is 16.4. The molecule has 6 nitrogen and oxygen atoms in total. The summed E-state index contributed by atoms with van der Waals surface area (Å²) in [6.45, 7) is 6.98. The maximum atomic E-state index is 5.53. The van der Waals surface area contributed by atoms with Crippen LogP contribution in [-0.2, 0) is 30.3 Å². The fourth-order valence-corrected chi connectivity index (χ4v) is 1.89. The first-order valence-electron chi connectivity index (χ1n) is 8.86. The van der Waals surface area contributed by atoms with Gasteiger partial charge >= 0.3 is 0 Å². The number of ether oxygens (including phenoxy) is 5. The van der Waals surface area contributed by atoms with Crippen molar-refractivity contribution in [1.82, 2.24) is 4.90 Å². The standard InChI is InChI=1S/C19H33NO5/c1-20(2)8-9-21-10-11-22-12-13-23-14-15-24-16-17-25-18-19-6-4-3-5-7-19/h3-7H,8-18H2,1-2H3. The van der Waals surface area contributed by atoms with Gasteiger partial charge in [0, 0.05) is 6.54 Å². The Labute approximate surface area is 152 Å². The van der Waals surface area contributed by atoms with Crippen molar-refractivity contribution >= 4 is 0 Å². The molecule has 0 aliphatic heterocycles. The van der Waals surface area contributed by atoms with E-state index in [0.29, 0.717) is 59.5 Å². The highest BCUT2D eigenvalue weighted by Gasteiger charge is 1.95. The minimum absolute atomic E-state index is 0.571. The molecular formula is C19H33NO5. The van der Waals surface area contributed by atoms with Gasteiger partial charge < -0.3 is 28.6 Å². The van der Waals surface area contributed by atoms with Crippen LogP contribution in [0.3, 0.4) is 0 Å². The summed E-state index contributed by atoms with van der Waals surface area (Å²) < 4.78 is 27.3. The second-order valence-electron chi connectivity index (χ2n) is 5.79. The van der Waals surface area contributed by atoms with Crippen LogP contribution in [0.4, 0.5) is 0 Å². The van der Waals surface area contributed by atoms with Gasteiger partial charge in [0.25, 0.3) is 0 Å². The molecule has 1 rings (SSSR count). The zero-order chi connectivity index (χ0) is 18.0. The number of likely N-dealkylation sites (N-methyl/N-ethyl adjacent to an activating group) is 1. The maximum absolute atomic E-state index is 5.53. The second-order valence-corrected chi connectivity index (χ2v) is 5.79. The average Bonchev–Trinajstić information content (AvgIpc) is 2.62. The fourth-order valence-electron chi connectivity index (χ4n) is 1.89. The summed E-state index contributed by atoms with van der Waals surface area (Å²) in [5.74, 6) is 0. The molecule has 0 unspecified atom stereocenters. The molecule has 0 saturated heterocycles. The molecule has 1 aromatic rings. The molecule has 0 spiro atoms. The van der Waals surface area contributed by atoms with Crippen LogP contribution in [0.1, 0.15) is 5.56 Å². The molecular weight excluding hydrogens is 322 g/mol. The predicted octanol–water partition coefficient (Wildman–Crippen LogP) is 1.83. The van der Waals surface area contributed by atoms with Crippen molar-refractivity contribution in [2.75, 3.05) is 80.1 Å². The van der Waals surface area contributed by atoms with E-state index in [0.717, 1.165) is 13.2 Å². The molecule has 25 heavy (non-hydrogen) atoms. The first kappa shape index (κ1) is 22.0. The van der Waals surface area contributed by atoms with E-state index in [4.69, 9.17) is 23.7 Å². The van der Waals surface area contributed by atoms with E-state index >= 15 is 0 Å². The zero-order valence-electron chi connectivity index (χ0n) is 15.7. The lowest BCUT2D eigenvalue weighted by Crippen LogP contribution is -2.19. The van der Waals surface area contributed by atoms with E-state index in [1.165, 1.54) is 5.56 Å². The van der Waals surface area contributed by atoms with Crippen LogP contribution in [0.2, 0.25) is 0 Å². The third kappa shape index (κ3) is 15.0. The number of benzene rings is 1. The molecule has 1 aromatic carbocycles. The quantitative estimate of drug-likeness (QED) is 0.398. The molecule has 0 radical (unpaired) electrons. The lowest BCUT2D eigenvalue weighted by Gasteiger charge is -2.10. The van der Waals surface area contributed by atoms with Gasteiger partial charge in [-0.25, -0.2) is 0 Å². The van der Waals surface area contributed by atoms with Crippen molar-refractivity contribution < 1.29 is 23.7 Å². The van der Waals surface area contributed by atoms with Gasteiger partial charge in [-0.1, -0.05) is 30.3 Å². The molecule has 0 aliphatic carbocycles. The van der Waals surface area contributed by atoms with Gasteiger partial charge in [0.15, 0.2) is 0 Å². The minimum atomic E-state index is 0.571. The SMILES string of the molecule is CN(C)CCOCCOCCOCCOCCOCc1ccccc1. The van der Waals surface area contributed by atoms with Gasteiger partial charge in [0.1, 0.15) is 0 Å². The normalized spacial score (nSPS) is 11.3. The Balaban J connectivity index is 1.71. The summed E-state index contributed by atoms with van der Waals surface area (Å²) in [4.78, 5) is 2.09. The van der Waals surface area contributed by atoms with Crippen LogP contribution in [0, 0.1) is 0 Å². The van der Waals surface area contributed by atoms with Gasteiger partial charge in [-0.3, -0.25) is 0 Å².